The lowest BCUT2D eigenvalue weighted by molar-refractivity contribution is 0.307. The number of nitrogens with two attached hydrogens (primary N) is 1. The van der Waals surface area contributed by atoms with Gasteiger partial charge in [-0.2, -0.15) is 0 Å². The van der Waals surface area contributed by atoms with Gasteiger partial charge in [0.05, 0.1) is 0 Å². The molecular formula is C17H15NO3. The van der Waals surface area contributed by atoms with Crippen molar-refractivity contribution in [1.29, 1.82) is 0 Å². The molecular weight excluding hydrogens is 266 g/mol. The van der Waals surface area contributed by atoms with Crippen LogP contribution < -0.4 is 16.1 Å². The van der Waals surface area contributed by atoms with E-state index in [0.29, 0.717) is 17.0 Å². The van der Waals surface area contributed by atoms with E-state index in [1.54, 1.807) is 12.1 Å². The molecule has 0 amide bonds. The fourth-order valence-corrected chi connectivity index (χ4v) is 2.22. The van der Waals surface area contributed by atoms with Crippen LogP contribution in [-0.4, -0.2) is 0 Å². The minimum atomic E-state index is -0.376. The summed E-state index contributed by atoms with van der Waals surface area (Å²) in [7, 11) is 0. The van der Waals surface area contributed by atoms with Crippen LogP contribution in [0.4, 0.5) is 5.69 Å². The lowest BCUT2D eigenvalue weighted by Gasteiger charge is -2.09. The third-order valence-electron chi connectivity index (χ3n) is 3.24. The number of ether oxygens (including phenoxy) is 1. The van der Waals surface area contributed by atoms with E-state index in [9.17, 15) is 4.79 Å². The lowest BCUT2D eigenvalue weighted by Crippen LogP contribution is -2.04. The number of fused-ring (bicyclic) bond motifs is 1. The highest BCUT2D eigenvalue weighted by molar-refractivity contribution is 5.80. The number of nitrogen functional groups attached to an aromatic ring is 1. The van der Waals surface area contributed by atoms with Gasteiger partial charge in [-0.1, -0.05) is 18.2 Å². The molecule has 3 rings (SSSR count). The molecule has 3 aromatic rings. The molecule has 0 aliphatic carbocycles. The van der Waals surface area contributed by atoms with E-state index in [1.165, 1.54) is 6.07 Å². The average molecular weight is 281 g/mol. The predicted octanol–water partition coefficient (Wildman–Crippen LogP) is 3.26. The molecule has 106 valence electrons. The molecule has 2 N–H and O–H groups in total. The van der Waals surface area contributed by atoms with Gasteiger partial charge in [-0.05, 0) is 30.7 Å². The molecule has 4 heteroatoms. The highest BCUT2D eigenvalue weighted by Crippen LogP contribution is 2.21. The fourth-order valence-electron chi connectivity index (χ4n) is 2.22. The second-order valence-corrected chi connectivity index (χ2v) is 4.95. The monoisotopic (exact) mass is 281 g/mol. The van der Waals surface area contributed by atoms with Crippen molar-refractivity contribution < 1.29 is 9.15 Å². The van der Waals surface area contributed by atoms with Crippen LogP contribution in [0.15, 0.2) is 57.7 Å². The minimum Gasteiger partial charge on any atom is -0.489 e. The molecule has 0 atom stereocenters. The van der Waals surface area contributed by atoms with Crippen LogP contribution >= 0.6 is 0 Å². The molecule has 1 heterocycles. The summed E-state index contributed by atoms with van der Waals surface area (Å²) in [5.41, 5.74) is 8.39. The summed E-state index contributed by atoms with van der Waals surface area (Å²) in [5, 5.41) is 0.879. The molecule has 2 aromatic carbocycles. The molecule has 1 aromatic heterocycles. The van der Waals surface area contributed by atoms with Gasteiger partial charge in [-0.25, -0.2) is 4.79 Å². The first kappa shape index (κ1) is 13.2. The molecule has 0 bridgehead atoms. The van der Waals surface area contributed by atoms with Crippen molar-refractivity contribution >= 4 is 16.7 Å². The van der Waals surface area contributed by atoms with Gasteiger partial charge in [0.15, 0.2) is 0 Å². The number of aryl methyl sites for hydroxylation is 1. The van der Waals surface area contributed by atoms with Crippen molar-refractivity contribution in [3.63, 3.8) is 0 Å². The van der Waals surface area contributed by atoms with Crippen molar-refractivity contribution in [2.75, 3.05) is 5.73 Å². The van der Waals surface area contributed by atoms with Crippen LogP contribution in [-0.2, 0) is 6.61 Å². The Hall–Kier alpha value is -2.75. The maximum Gasteiger partial charge on any atom is 0.336 e. The summed E-state index contributed by atoms with van der Waals surface area (Å²) in [4.78, 5) is 11.6. The second kappa shape index (κ2) is 5.32. The van der Waals surface area contributed by atoms with E-state index in [1.807, 2.05) is 37.3 Å². The molecule has 0 spiro atoms. The zero-order valence-corrected chi connectivity index (χ0v) is 11.6. The van der Waals surface area contributed by atoms with Gasteiger partial charge in [0.25, 0.3) is 0 Å². The molecule has 0 saturated carbocycles. The second-order valence-electron chi connectivity index (χ2n) is 4.95. The SMILES string of the molecule is Cc1ccc2c(COc3cccc(N)c3)cc(=O)oc2c1. The van der Waals surface area contributed by atoms with Crippen LogP contribution in [0.2, 0.25) is 0 Å². The van der Waals surface area contributed by atoms with Crippen molar-refractivity contribution in [3.05, 3.63) is 70.1 Å². The quantitative estimate of drug-likeness (QED) is 0.591. The lowest BCUT2D eigenvalue weighted by atomic mass is 10.1. The topological polar surface area (TPSA) is 65.5 Å². The van der Waals surface area contributed by atoms with Crippen LogP contribution in [0.25, 0.3) is 11.0 Å². The third-order valence-corrected chi connectivity index (χ3v) is 3.24. The smallest absolute Gasteiger partial charge is 0.336 e. The van der Waals surface area contributed by atoms with Crippen molar-refractivity contribution in [1.82, 2.24) is 0 Å². The normalized spacial score (nSPS) is 10.7. The van der Waals surface area contributed by atoms with Gasteiger partial charge in [0, 0.05) is 28.8 Å². The van der Waals surface area contributed by atoms with E-state index in [-0.39, 0.29) is 12.2 Å². The Morgan fingerprint density at radius 2 is 2.00 bits per heavy atom. The number of anilines is 1. The van der Waals surface area contributed by atoms with Gasteiger partial charge >= 0.3 is 5.63 Å². The number of benzene rings is 2. The van der Waals surface area contributed by atoms with Crippen LogP contribution in [0.3, 0.4) is 0 Å². The van der Waals surface area contributed by atoms with Crippen LogP contribution in [0, 0.1) is 6.92 Å². The summed E-state index contributed by atoms with van der Waals surface area (Å²) in [6.07, 6.45) is 0. The van der Waals surface area contributed by atoms with E-state index < -0.39 is 0 Å². The maximum absolute atomic E-state index is 11.6. The summed E-state index contributed by atoms with van der Waals surface area (Å²) < 4.78 is 10.9. The molecule has 21 heavy (non-hydrogen) atoms. The Balaban J connectivity index is 1.95. The summed E-state index contributed by atoms with van der Waals surface area (Å²) in [5.74, 6) is 0.670. The molecule has 4 nitrogen and oxygen atoms in total. The van der Waals surface area contributed by atoms with Gasteiger partial charge in [0.1, 0.15) is 17.9 Å². The Kier molecular flexibility index (Phi) is 3.36. The molecule has 0 aliphatic heterocycles. The maximum atomic E-state index is 11.6. The number of hydrogen-bond donors (Lipinski definition) is 1. The van der Waals surface area contributed by atoms with E-state index in [2.05, 4.69) is 0 Å². The molecule has 0 saturated heterocycles. The van der Waals surface area contributed by atoms with E-state index >= 15 is 0 Å². The first-order valence-electron chi connectivity index (χ1n) is 6.63. The molecule has 0 radical (unpaired) electrons. The molecule has 0 aliphatic rings. The van der Waals surface area contributed by atoms with E-state index in [4.69, 9.17) is 14.9 Å². The number of rotatable bonds is 3. The standard InChI is InChI=1S/C17H15NO3/c1-11-5-6-15-12(8-17(19)21-16(15)7-11)10-20-14-4-2-3-13(18)9-14/h2-9H,10,18H2,1H3. The summed E-state index contributed by atoms with van der Waals surface area (Å²) in [6.45, 7) is 2.24. The first-order chi connectivity index (χ1) is 10.1. The predicted molar refractivity (Wildman–Crippen MR) is 82.4 cm³/mol. The van der Waals surface area contributed by atoms with Gasteiger partial charge in [-0.15, -0.1) is 0 Å². The Morgan fingerprint density at radius 1 is 1.14 bits per heavy atom. The van der Waals surface area contributed by atoms with Gasteiger partial charge < -0.3 is 14.9 Å². The van der Waals surface area contributed by atoms with Crippen molar-refractivity contribution in [2.45, 2.75) is 13.5 Å². The van der Waals surface area contributed by atoms with E-state index in [0.717, 1.165) is 16.5 Å². The summed E-state index contributed by atoms with van der Waals surface area (Å²) in [6, 6.07) is 14.4. The summed E-state index contributed by atoms with van der Waals surface area (Å²) >= 11 is 0. The van der Waals surface area contributed by atoms with Crippen LogP contribution in [0.1, 0.15) is 11.1 Å². The zero-order chi connectivity index (χ0) is 14.8. The highest BCUT2D eigenvalue weighted by atomic mass is 16.5. The Labute approximate surface area is 121 Å². The average Bonchev–Trinajstić information content (AvgIpc) is 2.44. The minimum absolute atomic E-state index is 0.286. The zero-order valence-electron chi connectivity index (χ0n) is 11.6. The highest BCUT2D eigenvalue weighted by Gasteiger charge is 2.07. The number of hydrogen-bond acceptors (Lipinski definition) is 4. The van der Waals surface area contributed by atoms with Gasteiger partial charge in [0.2, 0.25) is 0 Å². The van der Waals surface area contributed by atoms with Crippen molar-refractivity contribution in [2.24, 2.45) is 0 Å². The molecule has 0 fully saturated rings. The first-order valence-corrected chi connectivity index (χ1v) is 6.63. The molecule has 0 unspecified atom stereocenters. The third kappa shape index (κ3) is 2.89. The largest absolute Gasteiger partial charge is 0.489 e. The van der Waals surface area contributed by atoms with Gasteiger partial charge in [-0.3, -0.25) is 0 Å². The Bertz CT molecular complexity index is 852. The fraction of sp³-hybridized carbons (Fsp3) is 0.118. The van der Waals surface area contributed by atoms with Crippen molar-refractivity contribution in [3.8, 4) is 5.75 Å². The van der Waals surface area contributed by atoms with Crippen LogP contribution in [0.5, 0.6) is 5.75 Å². The Morgan fingerprint density at radius 3 is 2.81 bits per heavy atom.